The van der Waals surface area contributed by atoms with Gasteiger partial charge in [-0.05, 0) is 11.8 Å². The Balaban J connectivity index is 3.98. The highest BCUT2D eigenvalue weighted by Gasteiger charge is 2.19. The van der Waals surface area contributed by atoms with Gasteiger partial charge in [-0.1, -0.05) is 47.5 Å². The highest BCUT2D eigenvalue weighted by Crippen LogP contribution is 2.19. The van der Waals surface area contributed by atoms with E-state index in [1.807, 2.05) is 0 Å². The van der Waals surface area contributed by atoms with Gasteiger partial charge < -0.3 is 0 Å². The van der Waals surface area contributed by atoms with Crippen molar-refractivity contribution < 1.29 is 4.79 Å². The lowest BCUT2D eigenvalue weighted by Crippen LogP contribution is -2.19. The maximum Gasteiger partial charge on any atom is 0.136 e. The van der Waals surface area contributed by atoms with Crippen molar-refractivity contribution in [3.05, 3.63) is 0 Å². The maximum atomic E-state index is 11.7. The molecule has 0 heterocycles. The zero-order valence-electron chi connectivity index (χ0n) is 9.76. The summed E-state index contributed by atoms with van der Waals surface area (Å²) in [7, 11) is 0. The second-order valence-corrected chi connectivity index (χ2v) is 4.39. The van der Waals surface area contributed by atoms with Gasteiger partial charge in [0.25, 0.3) is 0 Å². The molecule has 0 rings (SSSR count). The summed E-state index contributed by atoms with van der Waals surface area (Å²) < 4.78 is 0. The van der Waals surface area contributed by atoms with E-state index >= 15 is 0 Å². The van der Waals surface area contributed by atoms with Crippen LogP contribution in [0.15, 0.2) is 0 Å². The summed E-state index contributed by atoms with van der Waals surface area (Å²) in [6, 6.07) is 0. The monoisotopic (exact) mass is 184 g/mol. The molecule has 0 aliphatic rings. The van der Waals surface area contributed by atoms with Crippen molar-refractivity contribution in [3.8, 4) is 0 Å². The van der Waals surface area contributed by atoms with Crippen molar-refractivity contribution in [1.82, 2.24) is 0 Å². The van der Waals surface area contributed by atoms with Crippen LogP contribution >= 0.6 is 0 Å². The van der Waals surface area contributed by atoms with Crippen LogP contribution in [0.4, 0.5) is 0 Å². The fourth-order valence-electron chi connectivity index (χ4n) is 1.42. The topological polar surface area (TPSA) is 17.1 Å². The molecule has 0 saturated heterocycles. The second-order valence-electron chi connectivity index (χ2n) is 4.39. The fourth-order valence-corrected chi connectivity index (χ4v) is 1.42. The van der Waals surface area contributed by atoms with Crippen molar-refractivity contribution in [2.45, 2.75) is 53.9 Å². The van der Waals surface area contributed by atoms with Gasteiger partial charge in [-0.2, -0.15) is 0 Å². The number of hydrogen-bond donors (Lipinski definition) is 0. The lowest BCUT2D eigenvalue weighted by atomic mass is 9.86. The van der Waals surface area contributed by atoms with Crippen molar-refractivity contribution >= 4 is 5.78 Å². The van der Waals surface area contributed by atoms with Crippen LogP contribution in [0.1, 0.15) is 53.9 Å². The minimum absolute atomic E-state index is 0.237. The average Bonchev–Trinajstić information content (AvgIpc) is 2.12. The van der Waals surface area contributed by atoms with Crippen LogP contribution < -0.4 is 0 Å². The standard InChI is InChI=1S/C12H24O/c1-6-11(7-2)8-12(13)10(5)9(3)4/h9-11H,6-8H2,1-5H3. The van der Waals surface area contributed by atoms with Crippen molar-refractivity contribution in [3.63, 3.8) is 0 Å². The zero-order chi connectivity index (χ0) is 10.4. The number of Topliss-reactive ketones (excluding diaryl/α,β-unsaturated/α-hetero) is 1. The molecule has 1 unspecified atom stereocenters. The Morgan fingerprint density at radius 1 is 1.08 bits per heavy atom. The molecule has 0 aliphatic heterocycles. The van der Waals surface area contributed by atoms with E-state index in [1.165, 1.54) is 0 Å². The molecule has 1 nitrogen and oxygen atoms in total. The summed E-state index contributed by atoms with van der Waals surface area (Å²) in [6.45, 7) is 10.6. The third-order valence-electron chi connectivity index (χ3n) is 3.15. The largest absolute Gasteiger partial charge is 0.299 e. The Morgan fingerprint density at radius 2 is 1.54 bits per heavy atom. The molecule has 0 spiro atoms. The highest BCUT2D eigenvalue weighted by molar-refractivity contribution is 5.81. The highest BCUT2D eigenvalue weighted by atomic mass is 16.1. The third kappa shape index (κ3) is 4.44. The molecule has 13 heavy (non-hydrogen) atoms. The molecular weight excluding hydrogens is 160 g/mol. The van der Waals surface area contributed by atoms with Crippen LogP contribution in [0.5, 0.6) is 0 Å². The smallest absolute Gasteiger partial charge is 0.136 e. The van der Waals surface area contributed by atoms with Crippen LogP contribution in [-0.2, 0) is 4.79 Å². The Kier molecular flexibility index (Phi) is 6.02. The van der Waals surface area contributed by atoms with E-state index in [2.05, 4.69) is 34.6 Å². The minimum Gasteiger partial charge on any atom is -0.299 e. The average molecular weight is 184 g/mol. The van der Waals surface area contributed by atoms with E-state index in [4.69, 9.17) is 0 Å². The van der Waals surface area contributed by atoms with E-state index in [-0.39, 0.29) is 5.92 Å². The summed E-state index contributed by atoms with van der Waals surface area (Å²) in [4.78, 5) is 11.7. The van der Waals surface area contributed by atoms with E-state index in [0.29, 0.717) is 17.6 Å². The fraction of sp³-hybridized carbons (Fsp3) is 0.917. The van der Waals surface area contributed by atoms with Gasteiger partial charge in [0, 0.05) is 12.3 Å². The summed E-state index contributed by atoms with van der Waals surface area (Å²) in [5.41, 5.74) is 0. The third-order valence-corrected chi connectivity index (χ3v) is 3.15. The zero-order valence-corrected chi connectivity index (χ0v) is 9.76. The molecule has 0 aromatic rings. The first-order valence-electron chi connectivity index (χ1n) is 5.55. The summed E-state index contributed by atoms with van der Waals surface area (Å²) in [6.07, 6.45) is 3.05. The lowest BCUT2D eigenvalue weighted by Gasteiger charge is -2.17. The molecule has 0 radical (unpaired) electrons. The van der Waals surface area contributed by atoms with E-state index in [1.54, 1.807) is 0 Å². The van der Waals surface area contributed by atoms with Crippen LogP contribution in [0.2, 0.25) is 0 Å². The van der Waals surface area contributed by atoms with Crippen molar-refractivity contribution in [2.75, 3.05) is 0 Å². The summed E-state index contributed by atoms with van der Waals surface area (Å²) in [5, 5.41) is 0. The van der Waals surface area contributed by atoms with Crippen LogP contribution in [-0.4, -0.2) is 5.78 Å². The van der Waals surface area contributed by atoms with Gasteiger partial charge in [-0.3, -0.25) is 4.79 Å². The Morgan fingerprint density at radius 3 is 1.85 bits per heavy atom. The van der Waals surface area contributed by atoms with Gasteiger partial charge in [0.15, 0.2) is 0 Å². The first-order chi connectivity index (χ1) is 6.02. The van der Waals surface area contributed by atoms with E-state index < -0.39 is 0 Å². The predicted molar refractivity (Wildman–Crippen MR) is 57.7 cm³/mol. The summed E-state index contributed by atoms with van der Waals surface area (Å²) in [5.74, 6) is 1.78. The van der Waals surface area contributed by atoms with Crippen LogP contribution in [0, 0.1) is 17.8 Å². The SMILES string of the molecule is CCC(CC)CC(=O)C(C)C(C)C. The van der Waals surface area contributed by atoms with Gasteiger partial charge in [0.1, 0.15) is 5.78 Å². The molecule has 0 bridgehead atoms. The quantitative estimate of drug-likeness (QED) is 0.615. The maximum absolute atomic E-state index is 11.7. The van der Waals surface area contributed by atoms with Gasteiger partial charge in [-0.15, -0.1) is 0 Å². The van der Waals surface area contributed by atoms with Crippen molar-refractivity contribution in [2.24, 2.45) is 17.8 Å². The van der Waals surface area contributed by atoms with Crippen LogP contribution in [0.3, 0.4) is 0 Å². The molecule has 78 valence electrons. The molecule has 0 aliphatic carbocycles. The lowest BCUT2D eigenvalue weighted by molar-refractivity contribution is -0.124. The molecule has 0 fully saturated rings. The summed E-state index contributed by atoms with van der Waals surface area (Å²) >= 11 is 0. The predicted octanol–water partition coefficient (Wildman–Crippen LogP) is 3.67. The molecule has 0 aromatic carbocycles. The first kappa shape index (κ1) is 12.7. The Labute approximate surface area is 82.9 Å². The Hall–Kier alpha value is -0.330. The van der Waals surface area contributed by atoms with E-state index in [0.717, 1.165) is 19.3 Å². The van der Waals surface area contributed by atoms with E-state index in [9.17, 15) is 4.79 Å². The number of ketones is 1. The van der Waals surface area contributed by atoms with Gasteiger partial charge in [0.2, 0.25) is 0 Å². The van der Waals surface area contributed by atoms with Gasteiger partial charge in [0.05, 0.1) is 0 Å². The van der Waals surface area contributed by atoms with Gasteiger partial charge >= 0.3 is 0 Å². The number of carbonyl (C=O) groups is 1. The molecule has 1 heteroatoms. The molecule has 1 atom stereocenters. The van der Waals surface area contributed by atoms with Gasteiger partial charge in [-0.25, -0.2) is 0 Å². The number of hydrogen-bond acceptors (Lipinski definition) is 1. The molecule has 0 saturated carbocycles. The van der Waals surface area contributed by atoms with Crippen molar-refractivity contribution in [1.29, 1.82) is 0 Å². The number of carbonyl (C=O) groups excluding carboxylic acids is 1. The van der Waals surface area contributed by atoms with Crippen LogP contribution in [0.25, 0.3) is 0 Å². The number of rotatable bonds is 6. The Bertz CT molecular complexity index is 145. The normalized spacial score (nSPS) is 13.8. The molecular formula is C12H24O. The second kappa shape index (κ2) is 6.17. The molecule has 0 aromatic heterocycles. The molecule has 0 N–H and O–H groups in total. The first-order valence-corrected chi connectivity index (χ1v) is 5.55. The minimum atomic E-state index is 0.237. The molecule has 0 amide bonds.